The molecular formula is C15H23N3O2S. The molecule has 6 heteroatoms. The Labute approximate surface area is 129 Å². The molecule has 1 saturated heterocycles. The number of hydrogen-bond donors (Lipinski definition) is 1. The van der Waals surface area contributed by atoms with E-state index in [4.69, 9.17) is 0 Å². The van der Waals surface area contributed by atoms with Crippen LogP contribution in [0.3, 0.4) is 0 Å². The van der Waals surface area contributed by atoms with Gasteiger partial charge in [0.05, 0.1) is 11.2 Å². The number of nitrogens with zero attached hydrogens (tertiary/aromatic N) is 2. The van der Waals surface area contributed by atoms with Crippen molar-refractivity contribution in [2.24, 2.45) is 0 Å². The molecule has 0 bridgehead atoms. The number of amides is 2. The molecule has 21 heavy (non-hydrogen) atoms. The minimum absolute atomic E-state index is 0.0317. The van der Waals surface area contributed by atoms with Crippen LogP contribution < -0.4 is 5.32 Å². The third kappa shape index (κ3) is 4.03. The number of carbonyl (C=O) groups is 2. The lowest BCUT2D eigenvalue weighted by Crippen LogP contribution is -2.45. The molecule has 0 unspecified atom stereocenters. The van der Waals surface area contributed by atoms with Gasteiger partial charge in [-0.3, -0.25) is 9.59 Å². The Kier molecular flexibility index (Phi) is 4.66. The number of piperidine rings is 1. The first kappa shape index (κ1) is 15.9. The highest BCUT2D eigenvalue weighted by Gasteiger charge is 2.24. The van der Waals surface area contributed by atoms with Gasteiger partial charge >= 0.3 is 0 Å². The van der Waals surface area contributed by atoms with E-state index in [1.807, 2.05) is 4.90 Å². The summed E-state index contributed by atoms with van der Waals surface area (Å²) in [6, 6.07) is 0.147. The van der Waals surface area contributed by atoms with E-state index in [0.29, 0.717) is 4.88 Å². The van der Waals surface area contributed by atoms with Gasteiger partial charge < -0.3 is 10.2 Å². The van der Waals surface area contributed by atoms with Crippen molar-refractivity contribution in [3.05, 3.63) is 16.1 Å². The van der Waals surface area contributed by atoms with Crippen LogP contribution in [0.1, 0.15) is 55.2 Å². The zero-order chi connectivity index (χ0) is 15.6. The third-order valence-electron chi connectivity index (χ3n) is 3.65. The summed E-state index contributed by atoms with van der Waals surface area (Å²) in [4.78, 5) is 30.4. The second kappa shape index (κ2) is 6.13. The van der Waals surface area contributed by atoms with E-state index < -0.39 is 0 Å². The fourth-order valence-corrected chi connectivity index (χ4v) is 3.20. The first-order valence-corrected chi connectivity index (χ1v) is 8.11. The Balaban J connectivity index is 1.91. The van der Waals surface area contributed by atoms with Gasteiger partial charge in [-0.1, -0.05) is 20.8 Å². The average molecular weight is 309 g/mol. The molecule has 0 radical (unpaired) electrons. The maximum Gasteiger partial charge on any atom is 0.263 e. The van der Waals surface area contributed by atoms with E-state index >= 15 is 0 Å². The molecule has 2 heterocycles. The molecule has 2 amide bonds. The Morgan fingerprint density at radius 1 is 1.33 bits per heavy atom. The topological polar surface area (TPSA) is 62.3 Å². The molecule has 1 fully saturated rings. The monoisotopic (exact) mass is 309 g/mol. The van der Waals surface area contributed by atoms with Crippen molar-refractivity contribution < 1.29 is 9.59 Å². The van der Waals surface area contributed by atoms with E-state index in [9.17, 15) is 9.59 Å². The average Bonchev–Trinajstić information content (AvgIpc) is 2.88. The second-order valence-corrected chi connectivity index (χ2v) is 7.56. The smallest absolute Gasteiger partial charge is 0.263 e. The van der Waals surface area contributed by atoms with Crippen molar-refractivity contribution in [1.29, 1.82) is 0 Å². The molecule has 1 aliphatic heterocycles. The summed E-state index contributed by atoms with van der Waals surface area (Å²) in [6.45, 7) is 9.29. The highest BCUT2D eigenvalue weighted by molar-refractivity contribution is 7.13. The summed E-state index contributed by atoms with van der Waals surface area (Å²) in [5, 5.41) is 4.02. The van der Waals surface area contributed by atoms with Crippen LogP contribution in [-0.2, 0) is 10.2 Å². The van der Waals surface area contributed by atoms with Crippen molar-refractivity contribution in [2.45, 2.75) is 52.0 Å². The summed E-state index contributed by atoms with van der Waals surface area (Å²) < 4.78 is 0. The predicted octanol–water partition coefficient (Wildman–Crippen LogP) is 2.18. The van der Waals surface area contributed by atoms with Crippen LogP contribution in [0.4, 0.5) is 0 Å². The number of likely N-dealkylation sites (tertiary alicyclic amines) is 1. The number of aromatic nitrogens is 1. The number of nitrogens with one attached hydrogen (secondary N) is 1. The molecule has 1 N–H and O–H groups in total. The molecular weight excluding hydrogens is 286 g/mol. The van der Waals surface area contributed by atoms with Crippen LogP contribution in [0.15, 0.2) is 6.20 Å². The van der Waals surface area contributed by atoms with E-state index in [-0.39, 0.29) is 23.3 Å². The van der Waals surface area contributed by atoms with Crippen LogP contribution in [0.25, 0.3) is 0 Å². The number of hydrogen-bond acceptors (Lipinski definition) is 4. The molecule has 0 spiro atoms. The quantitative estimate of drug-likeness (QED) is 0.911. The molecule has 1 aromatic heterocycles. The molecule has 0 atom stereocenters. The lowest BCUT2D eigenvalue weighted by molar-refractivity contribution is -0.129. The van der Waals surface area contributed by atoms with Crippen LogP contribution in [-0.4, -0.2) is 40.8 Å². The number of carbonyl (C=O) groups excluding carboxylic acids is 2. The Morgan fingerprint density at radius 3 is 2.43 bits per heavy atom. The summed E-state index contributed by atoms with van der Waals surface area (Å²) in [5.74, 6) is 0.0568. The van der Waals surface area contributed by atoms with Gasteiger partial charge in [-0.15, -0.1) is 11.3 Å². The van der Waals surface area contributed by atoms with Crippen molar-refractivity contribution in [3.8, 4) is 0 Å². The van der Waals surface area contributed by atoms with E-state index in [0.717, 1.165) is 30.9 Å². The zero-order valence-corrected chi connectivity index (χ0v) is 13.9. The van der Waals surface area contributed by atoms with Crippen LogP contribution in [0.2, 0.25) is 0 Å². The molecule has 5 nitrogen and oxygen atoms in total. The Bertz CT molecular complexity index is 525. The highest BCUT2D eigenvalue weighted by Crippen LogP contribution is 2.26. The highest BCUT2D eigenvalue weighted by atomic mass is 32.1. The molecule has 2 rings (SSSR count). The predicted molar refractivity (Wildman–Crippen MR) is 83.6 cm³/mol. The van der Waals surface area contributed by atoms with Gasteiger partial charge in [0.25, 0.3) is 5.91 Å². The molecule has 0 aromatic carbocycles. The van der Waals surface area contributed by atoms with Gasteiger partial charge in [-0.25, -0.2) is 4.98 Å². The van der Waals surface area contributed by atoms with Crippen LogP contribution in [0.5, 0.6) is 0 Å². The van der Waals surface area contributed by atoms with E-state index in [2.05, 4.69) is 31.1 Å². The van der Waals surface area contributed by atoms with E-state index in [1.54, 1.807) is 13.1 Å². The van der Waals surface area contributed by atoms with Gasteiger partial charge in [-0.2, -0.15) is 0 Å². The summed E-state index contributed by atoms with van der Waals surface area (Å²) in [7, 11) is 0. The Morgan fingerprint density at radius 2 is 1.95 bits per heavy atom. The normalized spacial score (nSPS) is 16.9. The van der Waals surface area contributed by atoms with E-state index in [1.165, 1.54) is 11.3 Å². The number of rotatable bonds is 2. The molecule has 1 aromatic rings. The summed E-state index contributed by atoms with van der Waals surface area (Å²) in [5.41, 5.74) is -0.0317. The minimum atomic E-state index is -0.0516. The second-order valence-electron chi connectivity index (χ2n) is 6.53. The molecule has 116 valence electrons. The lowest BCUT2D eigenvalue weighted by Gasteiger charge is -2.31. The van der Waals surface area contributed by atoms with Crippen LogP contribution >= 0.6 is 11.3 Å². The fraction of sp³-hybridized carbons (Fsp3) is 0.667. The van der Waals surface area contributed by atoms with Crippen molar-refractivity contribution in [2.75, 3.05) is 13.1 Å². The maximum atomic E-state index is 12.2. The van der Waals surface area contributed by atoms with Gasteiger partial charge in [0.15, 0.2) is 0 Å². The Hall–Kier alpha value is -1.43. The largest absolute Gasteiger partial charge is 0.348 e. The van der Waals surface area contributed by atoms with Crippen molar-refractivity contribution in [3.63, 3.8) is 0 Å². The zero-order valence-electron chi connectivity index (χ0n) is 13.1. The lowest BCUT2D eigenvalue weighted by atomic mass is 9.98. The van der Waals surface area contributed by atoms with Gasteiger partial charge in [0, 0.05) is 31.5 Å². The summed E-state index contributed by atoms with van der Waals surface area (Å²) >= 11 is 1.45. The van der Waals surface area contributed by atoms with Crippen molar-refractivity contribution in [1.82, 2.24) is 15.2 Å². The van der Waals surface area contributed by atoms with Gasteiger partial charge in [0.2, 0.25) is 5.91 Å². The standard InChI is InChI=1S/C15H23N3O2S/c1-10(19)18-7-5-11(6-8-18)17-13(20)12-9-16-14(21-12)15(2,3)4/h9,11H,5-8H2,1-4H3,(H,17,20). The SMILES string of the molecule is CC(=O)N1CCC(NC(=O)c2cnc(C(C)(C)C)s2)CC1. The van der Waals surface area contributed by atoms with Gasteiger partial charge in [0.1, 0.15) is 4.88 Å². The first-order chi connectivity index (χ1) is 9.77. The summed E-state index contributed by atoms with van der Waals surface area (Å²) in [6.07, 6.45) is 3.29. The first-order valence-electron chi connectivity index (χ1n) is 7.30. The maximum absolute atomic E-state index is 12.2. The fourth-order valence-electron chi connectivity index (χ4n) is 2.32. The van der Waals surface area contributed by atoms with Gasteiger partial charge in [-0.05, 0) is 12.8 Å². The molecule has 0 saturated carbocycles. The minimum Gasteiger partial charge on any atom is -0.348 e. The molecule has 0 aliphatic carbocycles. The van der Waals surface area contributed by atoms with Crippen LogP contribution in [0, 0.1) is 0 Å². The molecule has 1 aliphatic rings. The van der Waals surface area contributed by atoms with Crippen molar-refractivity contribution >= 4 is 23.2 Å². The number of thiazole rings is 1. The third-order valence-corrected chi connectivity index (χ3v) is 5.07.